The van der Waals surface area contributed by atoms with Gasteiger partial charge in [-0.2, -0.15) is 5.10 Å². The molecule has 5 nitrogen and oxygen atoms in total. The molecule has 2 aromatic rings. The Bertz CT molecular complexity index is 722. The molecule has 1 saturated carbocycles. The molecule has 1 aromatic heterocycles. The molecule has 23 heavy (non-hydrogen) atoms. The molecule has 2 N–H and O–H groups in total. The number of nitrogens with one attached hydrogen (secondary N) is 1. The third kappa shape index (κ3) is 3.41. The lowest BCUT2D eigenvalue weighted by Crippen LogP contribution is -2.41. The van der Waals surface area contributed by atoms with Gasteiger partial charge in [0.2, 0.25) is 0 Å². The minimum absolute atomic E-state index is 0.139. The molecule has 1 amide bonds. The van der Waals surface area contributed by atoms with Crippen molar-refractivity contribution in [1.29, 1.82) is 0 Å². The zero-order chi connectivity index (χ0) is 16.6. The average molecular weight is 334 g/mol. The molecule has 6 heteroatoms. The number of aryl methyl sites for hydroxylation is 2. The maximum absolute atomic E-state index is 12.6. The molecule has 1 heterocycles. The lowest BCUT2D eigenvalue weighted by molar-refractivity contribution is 0.0235. The van der Waals surface area contributed by atoms with E-state index in [9.17, 15) is 9.90 Å². The van der Waals surface area contributed by atoms with E-state index in [2.05, 4.69) is 10.4 Å². The van der Waals surface area contributed by atoms with Crippen LogP contribution in [0, 0.1) is 12.8 Å². The highest BCUT2D eigenvalue weighted by atomic mass is 35.5. The van der Waals surface area contributed by atoms with Crippen molar-refractivity contribution < 1.29 is 9.90 Å². The van der Waals surface area contributed by atoms with Gasteiger partial charge in [-0.3, -0.25) is 9.48 Å². The Morgan fingerprint density at radius 3 is 2.78 bits per heavy atom. The Kier molecular flexibility index (Phi) is 4.41. The Morgan fingerprint density at radius 1 is 1.48 bits per heavy atom. The van der Waals surface area contributed by atoms with Crippen molar-refractivity contribution >= 4 is 17.5 Å². The molecular weight excluding hydrogens is 314 g/mol. The van der Waals surface area contributed by atoms with Gasteiger partial charge >= 0.3 is 0 Å². The number of amides is 1. The van der Waals surface area contributed by atoms with E-state index in [1.807, 2.05) is 20.2 Å². The minimum Gasteiger partial charge on any atom is -0.393 e. The maximum atomic E-state index is 12.6. The quantitative estimate of drug-likeness (QED) is 0.903. The van der Waals surface area contributed by atoms with Crippen LogP contribution in [0.25, 0.3) is 0 Å². The topological polar surface area (TPSA) is 67.2 Å². The summed E-state index contributed by atoms with van der Waals surface area (Å²) in [6.45, 7) is 1.87. The van der Waals surface area contributed by atoms with Crippen LogP contribution in [0.1, 0.15) is 40.4 Å². The summed E-state index contributed by atoms with van der Waals surface area (Å²) in [5.74, 6) is 0.0894. The van der Waals surface area contributed by atoms with E-state index in [0.717, 1.165) is 11.1 Å². The van der Waals surface area contributed by atoms with Crippen molar-refractivity contribution in [2.24, 2.45) is 13.0 Å². The number of nitrogens with zero attached hydrogens (tertiary/aromatic N) is 2. The van der Waals surface area contributed by atoms with Crippen LogP contribution < -0.4 is 5.32 Å². The van der Waals surface area contributed by atoms with Crippen LogP contribution in [0.2, 0.25) is 5.02 Å². The molecule has 0 bridgehead atoms. The number of carbonyl (C=O) groups excluding carboxylic acids is 1. The normalized spacial score (nSPS) is 21.6. The van der Waals surface area contributed by atoms with Crippen molar-refractivity contribution in [3.63, 3.8) is 0 Å². The van der Waals surface area contributed by atoms with E-state index < -0.39 is 0 Å². The van der Waals surface area contributed by atoms with E-state index in [1.54, 1.807) is 29.1 Å². The van der Waals surface area contributed by atoms with Crippen LogP contribution in [0.3, 0.4) is 0 Å². The highest BCUT2D eigenvalue weighted by Gasteiger charge is 2.36. The fourth-order valence-electron chi connectivity index (χ4n) is 2.99. The first-order valence-electron chi connectivity index (χ1n) is 7.67. The van der Waals surface area contributed by atoms with Crippen molar-refractivity contribution in [3.05, 3.63) is 52.3 Å². The number of halogens is 1. The number of hydrogen-bond donors (Lipinski definition) is 2. The minimum atomic E-state index is -0.270. The van der Waals surface area contributed by atoms with Gasteiger partial charge in [-0.05, 0) is 49.4 Å². The number of benzene rings is 1. The van der Waals surface area contributed by atoms with Gasteiger partial charge in [-0.1, -0.05) is 11.6 Å². The van der Waals surface area contributed by atoms with Crippen molar-refractivity contribution in [1.82, 2.24) is 15.1 Å². The summed E-state index contributed by atoms with van der Waals surface area (Å²) in [5, 5.41) is 17.5. The fourth-order valence-corrected chi connectivity index (χ4v) is 3.10. The standard InChI is InChI=1S/C17H20ClN3O2/c1-10-5-11(3-4-15(10)18)17(23)20-16(12-6-14(22)7-12)13-8-19-21(2)9-13/h3-5,8-9,12,14,16,22H,6-7H2,1-2H3,(H,20,23). The molecule has 0 radical (unpaired) electrons. The summed E-state index contributed by atoms with van der Waals surface area (Å²) in [6, 6.07) is 5.10. The molecule has 1 aliphatic carbocycles. The number of carbonyl (C=O) groups is 1. The van der Waals surface area contributed by atoms with Crippen molar-refractivity contribution in [2.45, 2.75) is 31.9 Å². The average Bonchev–Trinajstić information content (AvgIpc) is 2.91. The van der Waals surface area contributed by atoms with Gasteiger partial charge in [0.15, 0.2) is 0 Å². The number of aliphatic hydroxyl groups excluding tert-OH is 1. The number of hydrogen-bond acceptors (Lipinski definition) is 3. The molecule has 1 aliphatic rings. The Hall–Kier alpha value is -1.85. The largest absolute Gasteiger partial charge is 0.393 e. The van der Waals surface area contributed by atoms with Crippen LogP contribution in [0.5, 0.6) is 0 Å². The van der Waals surface area contributed by atoms with Crippen LogP contribution in [0.15, 0.2) is 30.6 Å². The zero-order valence-electron chi connectivity index (χ0n) is 13.2. The first kappa shape index (κ1) is 16.0. The van der Waals surface area contributed by atoms with Crippen LogP contribution >= 0.6 is 11.6 Å². The molecule has 3 rings (SSSR count). The molecule has 1 fully saturated rings. The summed E-state index contributed by atoms with van der Waals surface area (Å²) in [5.41, 5.74) is 2.42. The van der Waals surface area contributed by atoms with Gasteiger partial charge in [0.25, 0.3) is 5.91 Å². The Morgan fingerprint density at radius 2 is 2.22 bits per heavy atom. The van der Waals surface area contributed by atoms with E-state index in [0.29, 0.717) is 23.4 Å². The first-order valence-corrected chi connectivity index (χ1v) is 8.05. The van der Waals surface area contributed by atoms with Gasteiger partial charge in [0.05, 0.1) is 18.3 Å². The van der Waals surface area contributed by atoms with Crippen molar-refractivity contribution in [2.75, 3.05) is 0 Å². The summed E-state index contributed by atoms with van der Waals surface area (Å²) in [6.07, 6.45) is 4.79. The van der Waals surface area contributed by atoms with E-state index >= 15 is 0 Å². The van der Waals surface area contributed by atoms with Crippen molar-refractivity contribution in [3.8, 4) is 0 Å². The lowest BCUT2D eigenvalue weighted by atomic mass is 9.75. The van der Waals surface area contributed by atoms with E-state index in [1.165, 1.54) is 0 Å². The highest BCUT2D eigenvalue weighted by Crippen LogP contribution is 2.38. The third-order valence-electron chi connectivity index (χ3n) is 4.41. The second-order valence-electron chi connectivity index (χ2n) is 6.25. The molecule has 0 spiro atoms. The summed E-state index contributed by atoms with van der Waals surface area (Å²) in [4.78, 5) is 12.6. The highest BCUT2D eigenvalue weighted by molar-refractivity contribution is 6.31. The zero-order valence-corrected chi connectivity index (χ0v) is 13.9. The van der Waals surface area contributed by atoms with E-state index in [4.69, 9.17) is 11.6 Å². The molecule has 1 aromatic carbocycles. The number of rotatable bonds is 4. The van der Waals surface area contributed by atoms with Crippen LogP contribution in [0.4, 0.5) is 0 Å². The predicted octanol–water partition coefficient (Wildman–Crippen LogP) is 2.62. The summed E-state index contributed by atoms with van der Waals surface area (Å²) in [7, 11) is 1.85. The maximum Gasteiger partial charge on any atom is 0.251 e. The van der Waals surface area contributed by atoms with Crippen LogP contribution in [-0.2, 0) is 7.05 Å². The third-order valence-corrected chi connectivity index (χ3v) is 4.84. The fraction of sp³-hybridized carbons (Fsp3) is 0.412. The SMILES string of the molecule is Cc1cc(C(=O)NC(c2cnn(C)c2)C2CC(O)C2)ccc1Cl. The van der Waals surface area contributed by atoms with Gasteiger partial charge < -0.3 is 10.4 Å². The molecular formula is C17H20ClN3O2. The van der Waals surface area contributed by atoms with Gasteiger partial charge in [-0.15, -0.1) is 0 Å². The number of aliphatic hydroxyl groups is 1. The monoisotopic (exact) mass is 333 g/mol. The molecule has 1 atom stereocenters. The van der Waals surface area contributed by atoms with Gasteiger partial charge in [0, 0.05) is 29.4 Å². The number of aromatic nitrogens is 2. The first-order chi connectivity index (χ1) is 10.9. The smallest absolute Gasteiger partial charge is 0.251 e. The van der Waals surface area contributed by atoms with E-state index in [-0.39, 0.29) is 24.0 Å². The Labute approximate surface area is 140 Å². The second kappa shape index (κ2) is 6.34. The lowest BCUT2D eigenvalue weighted by Gasteiger charge is -2.37. The summed E-state index contributed by atoms with van der Waals surface area (Å²) >= 11 is 6.02. The summed E-state index contributed by atoms with van der Waals surface area (Å²) < 4.78 is 1.72. The van der Waals surface area contributed by atoms with Gasteiger partial charge in [-0.25, -0.2) is 0 Å². The molecule has 122 valence electrons. The predicted molar refractivity (Wildman–Crippen MR) is 88.3 cm³/mol. The molecule has 0 saturated heterocycles. The second-order valence-corrected chi connectivity index (χ2v) is 6.65. The van der Waals surface area contributed by atoms with Gasteiger partial charge in [0.1, 0.15) is 0 Å². The molecule has 0 aliphatic heterocycles. The van der Waals surface area contributed by atoms with Crippen LogP contribution in [-0.4, -0.2) is 26.9 Å². The molecule has 1 unspecified atom stereocenters. The Balaban J connectivity index is 1.80.